The van der Waals surface area contributed by atoms with Crippen molar-refractivity contribution in [3.05, 3.63) is 94.1 Å². The highest BCUT2D eigenvalue weighted by molar-refractivity contribution is 6.35. The van der Waals surface area contributed by atoms with Gasteiger partial charge in [-0.25, -0.2) is 13.5 Å². The fraction of sp³-hybridized carbons (Fsp3) is 0.0833. The molecule has 0 saturated heterocycles. The van der Waals surface area contributed by atoms with Gasteiger partial charge in [-0.05, 0) is 48.9 Å². The molecule has 2 N–H and O–H groups in total. The van der Waals surface area contributed by atoms with Gasteiger partial charge in [0.25, 0.3) is 0 Å². The van der Waals surface area contributed by atoms with Crippen LogP contribution >= 0.6 is 11.6 Å². The highest BCUT2D eigenvalue weighted by Gasteiger charge is 2.18. The second-order valence-electron chi connectivity index (χ2n) is 7.50. The first-order valence-electron chi connectivity index (χ1n) is 10.0. The van der Waals surface area contributed by atoms with E-state index in [1.54, 1.807) is 31.2 Å². The molecule has 0 aliphatic rings. The molecule has 0 bridgehead atoms. The maximum absolute atomic E-state index is 13.9. The third-order valence-electron chi connectivity index (χ3n) is 5.04. The minimum absolute atomic E-state index is 0.0658. The van der Waals surface area contributed by atoms with Crippen molar-refractivity contribution in [1.29, 1.82) is 0 Å². The molecule has 3 aromatic carbocycles. The topological polar surface area (TPSA) is 97.1 Å². The van der Waals surface area contributed by atoms with Gasteiger partial charge >= 0.3 is 5.97 Å². The molecule has 0 fully saturated rings. The molecule has 0 radical (unpaired) electrons. The van der Waals surface area contributed by atoms with E-state index in [4.69, 9.17) is 16.7 Å². The molecule has 172 valence electrons. The second-order valence-corrected chi connectivity index (χ2v) is 7.90. The van der Waals surface area contributed by atoms with E-state index < -0.39 is 17.6 Å². The zero-order valence-electron chi connectivity index (χ0n) is 17.7. The molecule has 0 aliphatic heterocycles. The van der Waals surface area contributed by atoms with Gasteiger partial charge in [-0.2, -0.15) is 0 Å². The van der Waals surface area contributed by atoms with Crippen molar-refractivity contribution in [3.63, 3.8) is 0 Å². The highest BCUT2D eigenvalue weighted by atomic mass is 35.5. The third-order valence-corrected chi connectivity index (χ3v) is 5.35. The van der Waals surface area contributed by atoms with Crippen LogP contribution in [-0.4, -0.2) is 31.9 Å². The number of nitrogens with one attached hydrogen (secondary N) is 1. The van der Waals surface area contributed by atoms with E-state index in [0.29, 0.717) is 28.1 Å². The summed E-state index contributed by atoms with van der Waals surface area (Å²) in [6.45, 7) is 1.45. The number of carbonyl (C=O) groups is 2. The Morgan fingerprint density at radius 1 is 1.06 bits per heavy atom. The van der Waals surface area contributed by atoms with Crippen molar-refractivity contribution in [2.75, 3.05) is 5.32 Å². The van der Waals surface area contributed by atoms with E-state index in [1.165, 1.54) is 29.1 Å². The summed E-state index contributed by atoms with van der Waals surface area (Å²) in [4.78, 5) is 24.1. The van der Waals surface area contributed by atoms with Crippen LogP contribution in [0.15, 0.2) is 60.8 Å². The molecule has 0 spiro atoms. The molecule has 7 nitrogen and oxygen atoms in total. The number of nitrogens with zero attached hydrogens (tertiary/aromatic N) is 3. The maximum Gasteiger partial charge on any atom is 0.325 e. The van der Waals surface area contributed by atoms with Gasteiger partial charge in [0.2, 0.25) is 0 Å². The SMILES string of the molecule is Cc1ccc(-c2cn(CC(=O)O)nn2)cc1C(=O)c1ccc(Nc2ccc(F)cc2F)cc1Cl. The molecule has 0 saturated carbocycles. The fourth-order valence-corrected chi connectivity index (χ4v) is 3.61. The van der Waals surface area contributed by atoms with Gasteiger partial charge in [0.05, 0.1) is 16.9 Å². The van der Waals surface area contributed by atoms with Gasteiger partial charge in [0.15, 0.2) is 5.78 Å². The lowest BCUT2D eigenvalue weighted by Crippen LogP contribution is -2.08. The molecule has 1 heterocycles. The number of halogens is 3. The second kappa shape index (κ2) is 9.40. The number of carbonyl (C=O) groups excluding carboxylic acids is 1. The van der Waals surface area contributed by atoms with Crippen molar-refractivity contribution < 1.29 is 23.5 Å². The van der Waals surface area contributed by atoms with Crippen molar-refractivity contribution in [2.45, 2.75) is 13.5 Å². The average Bonchev–Trinajstić information content (AvgIpc) is 3.23. The van der Waals surface area contributed by atoms with Gasteiger partial charge in [-0.3, -0.25) is 9.59 Å². The number of aliphatic carboxylic acids is 1. The number of ketones is 1. The molecule has 0 amide bonds. The Kier molecular flexibility index (Phi) is 6.38. The molecule has 0 aliphatic carbocycles. The summed E-state index contributed by atoms with van der Waals surface area (Å²) in [6, 6.07) is 12.9. The molecular formula is C24H17ClF2N4O3. The van der Waals surface area contributed by atoms with Crippen LogP contribution < -0.4 is 5.32 Å². The normalized spacial score (nSPS) is 10.8. The number of aromatic nitrogens is 3. The van der Waals surface area contributed by atoms with Gasteiger partial charge in [0, 0.05) is 28.4 Å². The first-order chi connectivity index (χ1) is 16.2. The Hall–Kier alpha value is -4.11. The number of carboxylic acid groups (broad SMARTS) is 1. The van der Waals surface area contributed by atoms with Crippen LogP contribution in [0.25, 0.3) is 11.3 Å². The smallest absolute Gasteiger partial charge is 0.325 e. The molecule has 4 aromatic rings. The Labute approximate surface area is 197 Å². The van der Waals surface area contributed by atoms with E-state index >= 15 is 0 Å². The Balaban J connectivity index is 1.60. The first-order valence-corrected chi connectivity index (χ1v) is 10.4. The summed E-state index contributed by atoms with van der Waals surface area (Å²) in [6.07, 6.45) is 1.48. The summed E-state index contributed by atoms with van der Waals surface area (Å²) in [7, 11) is 0. The van der Waals surface area contributed by atoms with E-state index in [2.05, 4.69) is 15.6 Å². The Bertz CT molecular complexity index is 1420. The monoisotopic (exact) mass is 482 g/mol. The summed E-state index contributed by atoms with van der Waals surface area (Å²) in [5.74, 6) is -2.83. The van der Waals surface area contributed by atoms with Gasteiger partial charge in [-0.15, -0.1) is 5.10 Å². The number of benzene rings is 3. The molecule has 4 rings (SSSR count). The van der Waals surface area contributed by atoms with Crippen molar-refractivity contribution >= 4 is 34.7 Å². The van der Waals surface area contributed by atoms with Crippen LogP contribution in [0.2, 0.25) is 5.02 Å². The fourth-order valence-electron chi connectivity index (χ4n) is 3.34. The molecule has 0 unspecified atom stereocenters. The van der Waals surface area contributed by atoms with Crippen molar-refractivity contribution in [1.82, 2.24) is 15.0 Å². The summed E-state index contributed by atoms with van der Waals surface area (Å²) >= 11 is 6.37. The molecule has 34 heavy (non-hydrogen) atoms. The number of aryl methyl sites for hydroxylation is 1. The van der Waals surface area contributed by atoms with Gasteiger partial charge in [-0.1, -0.05) is 28.9 Å². The third kappa shape index (κ3) is 4.94. The molecular weight excluding hydrogens is 466 g/mol. The number of carboxylic acids is 1. The summed E-state index contributed by atoms with van der Waals surface area (Å²) in [5, 5.41) is 19.6. The zero-order chi connectivity index (χ0) is 24.4. The number of hydrogen-bond acceptors (Lipinski definition) is 5. The number of anilines is 2. The largest absolute Gasteiger partial charge is 0.480 e. The standard InChI is InChI=1S/C24H17ClF2N4O3/c1-13-2-3-14(22-11-31(30-29-22)12-23(32)33)8-18(13)24(34)17-6-5-16(10-19(17)25)28-21-7-4-15(26)9-20(21)27/h2-11,28H,12H2,1H3,(H,32,33). The number of hydrogen-bond donors (Lipinski definition) is 2. The van der Waals surface area contributed by atoms with Crippen LogP contribution in [0.1, 0.15) is 21.5 Å². The van der Waals surface area contributed by atoms with E-state index in [1.807, 2.05) is 0 Å². The van der Waals surface area contributed by atoms with E-state index in [0.717, 1.165) is 12.1 Å². The first kappa shape index (κ1) is 23.1. The molecule has 10 heteroatoms. The predicted molar refractivity (Wildman–Crippen MR) is 122 cm³/mol. The van der Waals surface area contributed by atoms with Gasteiger partial charge < -0.3 is 10.4 Å². The zero-order valence-corrected chi connectivity index (χ0v) is 18.5. The molecule has 0 atom stereocenters. The Morgan fingerprint density at radius 2 is 1.85 bits per heavy atom. The van der Waals surface area contributed by atoms with Crippen LogP contribution in [0.3, 0.4) is 0 Å². The summed E-state index contributed by atoms with van der Waals surface area (Å²) < 4.78 is 28.2. The van der Waals surface area contributed by atoms with E-state index in [-0.39, 0.29) is 28.6 Å². The predicted octanol–water partition coefficient (Wildman–Crippen LogP) is 5.24. The maximum atomic E-state index is 13.9. The van der Waals surface area contributed by atoms with E-state index in [9.17, 15) is 18.4 Å². The van der Waals surface area contributed by atoms with Crippen molar-refractivity contribution in [2.24, 2.45) is 0 Å². The van der Waals surface area contributed by atoms with Crippen LogP contribution in [0, 0.1) is 18.6 Å². The lowest BCUT2D eigenvalue weighted by atomic mass is 9.96. The quantitative estimate of drug-likeness (QED) is 0.349. The van der Waals surface area contributed by atoms with Crippen LogP contribution in [0.4, 0.5) is 20.2 Å². The average molecular weight is 483 g/mol. The summed E-state index contributed by atoms with van der Waals surface area (Å²) in [5.41, 5.74) is 2.83. The molecule has 1 aromatic heterocycles. The lowest BCUT2D eigenvalue weighted by Gasteiger charge is -2.12. The van der Waals surface area contributed by atoms with Crippen LogP contribution in [0.5, 0.6) is 0 Å². The minimum Gasteiger partial charge on any atom is -0.480 e. The van der Waals surface area contributed by atoms with Crippen LogP contribution in [-0.2, 0) is 11.3 Å². The highest BCUT2D eigenvalue weighted by Crippen LogP contribution is 2.29. The van der Waals surface area contributed by atoms with Gasteiger partial charge in [0.1, 0.15) is 23.9 Å². The Morgan fingerprint density at radius 3 is 2.56 bits per heavy atom. The van der Waals surface area contributed by atoms with Crippen molar-refractivity contribution in [3.8, 4) is 11.3 Å². The lowest BCUT2D eigenvalue weighted by molar-refractivity contribution is -0.137. The minimum atomic E-state index is -1.05. The number of rotatable bonds is 7.